The highest BCUT2D eigenvalue weighted by Crippen LogP contribution is 2.31. The van der Waals surface area contributed by atoms with Gasteiger partial charge < -0.3 is 9.15 Å². The van der Waals surface area contributed by atoms with Crippen LogP contribution in [0.1, 0.15) is 27.8 Å². The van der Waals surface area contributed by atoms with E-state index >= 15 is 0 Å². The summed E-state index contributed by atoms with van der Waals surface area (Å²) in [7, 11) is 0. The Morgan fingerprint density at radius 3 is 2.26 bits per heavy atom. The Balaban J connectivity index is 1.44. The fourth-order valence-corrected chi connectivity index (χ4v) is 4.70. The van der Waals surface area contributed by atoms with Crippen LogP contribution in [0.2, 0.25) is 0 Å². The Morgan fingerprint density at radius 2 is 1.58 bits per heavy atom. The van der Waals surface area contributed by atoms with Gasteiger partial charge in [0.2, 0.25) is 0 Å². The molecule has 1 N–H and O–H groups in total. The summed E-state index contributed by atoms with van der Waals surface area (Å²) in [6, 6.07) is 25.7. The molecule has 0 amide bonds. The zero-order valence-corrected chi connectivity index (χ0v) is 23.3. The lowest BCUT2D eigenvalue weighted by Crippen LogP contribution is -2.16. The highest BCUT2D eigenvalue weighted by molar-refractivity contribution is 6.02. The fourth-order valence-electron chi connectivity index (χ4n) is 4.70. The number of hydrogen-bond acceptors (Lipinski definition) is 9. The Bertz CT molecular complexity index is 1920. The molecule has 5 rings (SSSR count). The molecule has 11 heteroatoms. The van der Waals surface area contributed by atoms with Crippen molar-refractivity contribution in [2.24, 2.45) is 5.10 Å². The number of non-ortho nitro benzene ring substituents is 1. The second-order valence-corrected chi connectivity index (χ2v) is 9.76. The monoisotopic (exact) mass is 578 g/mol. The topological polar surface area (TPSA) is 150 Å². The summed E-state index contributed by atoms with van der Waals surface area (Å²) in [5.41, 5.74) is 5.93. The lowest BCUT2D eigenvalue weighted by molar-refractivity contribution is -0.393. The van der Waals surface area contributed by atoms with Gasteiger partial charge in [0.05, 0.1) is 15.9 Å². The van der Waals surface area contributed by atoms with E-state index in [0.29, 0.717) is 40.2 Å². The SMILES string of the molecule is Cc1c(Cc2ccccc2)c(=O)oc2c(C)c(OCC(=NNc3ccc([N+](=O)[O-])cc3[N+](=O)[O-])c3ccccc3)ccc12. The normalized spacial score (nSPS) is 11.3. The lowest BCUT2D eigenvalue weighted by Gasteiger charge is -2.14. The van der Waals surface area contributed by atoms with E-state index in [4.69, 9.17) is 9.15 Å². The molecule has 0 radical (unpaired) electrons. The van der Waals surface area contributed by atoms with Crippen LogP contribution in [0.4, 0.5) is 17.1 Å². The van der Waals surface area contributed by atoms with Crippen LogP contribution in [-0.4, -0.2) is 22.2 Å². The number of nitro benzene ring substituents is 2. The van der Waals surface area contributed by atoms with Crippen LogP contribution >= 0.6 is 0 Å². The number of ether oxygens (including phenoxy) is 1. The van der Waals surface area contributed by atoms with Gasteiger partial charge in [0.15, 0.2) is 0 Å². The minimum Gasteiger partial charge on any atom is -0.487 e. The highest BCUT2D eigenvalue weighted by atomic mass is 16.6. The molecule has 0 bridgehead atoms. The van der Waals surface area contributed by atoms with Crippen LogP contribution in [0, 0.1) is 34.1 Å². The molecule has 0 saturated carbocycles. The molecule has 1 aromatic heterocycles. The van der Waals surface area contributed by atoms with Gasteiger partial charge in [-0.05, 0) is 43.2 Å². The van der Waals surface area contributed by atoms with E-state index in [1.165, 1.54) is 6.07 Å². The van der Waals surface area contributed by atoms with Crippen LogP contribution in [0.15, 0.2) is 105 Å². The van der Waals surface area contributed by atoms with Crippen molar-refractivity contribution in [1.29, 1.82) is 0 Å². The molecule has 4 aromatic carbocycles. The number of nitro groups is 2. The number of hydrogen-bond donors (Lipinski definition) is 1. The van der Waals surface area contributed by atoms with Crippen molar-refractivity contribution < 1.29 is 19.0 Å². The molecule has 11 nitrogen and oxygen atoms in total. The number of hydrazone groups is 1. The van der Waals surface area contributed by atoms with E-state index in [1.54, 1.807) is 25.1 Å². The van der Waals surface area contributed by atoms with Gasteiger partial charge in [-0.2, -0.15) is 5.10 Å². The van der Waals surface area contributed by atoms with Crippen LogP contribution < -0.4 is 15.8 Å². The minimum absolute atomic E-state index is 0.0190. The number of aryl methyl sites for hydroxylation is 2. The summed E-state index contributed by atoms with van der Waals surface area (Å²) < 4.78 is 11.9. The number of fused-ring (bicyclic) bond motifs is 1. The predicted octanol–water partition coefficient (Wildman–Crippen LogP) is 6.71. The zero-order valence-electron chi connectivity index (χ0n) is 23.3. The van der Waals surface area contributed by atoms with E-state index in [1.807, 2.05) is 61.5 Å². The van der Waals surface area contributed by atoms with Crippen LogP contribution in [0.25, 0.3) is 11.0 Å². The molecule has 1 heterocycles. The summed E-state index contributed by atoms with van der Waals surface area (Å²) in [6.07, 6.45) is 0.457. The van der Waals surface area contributed by atoms with E-state index in [0.717, 1.165) is 28.6 Å². The second kappa shape index (κ2) is 12.4. The van der Waals surface area contributed by atoms with E-state index in [9.17, 15) is 25.0 Å². The maximum Gasteiger partial charge on any atom is 0.340 e. The molecule has 5 aromatic rings. The third-order valence-corrected chi connectivity index (χ3v) is 7.05. The summed E-state index contributed by atoms with van der Waals surface area (Å²) >= 11 is 0. The standard InChI is InChI=1S/C32H26N4O7/c1-20-25-14-16-30(21(2)31(25)43-32(37)26(20)17-22-9-5-3-6-10-22)42-19-28(23-11-7-4-8-12-23)34-33-27-15-13-24(35(38)39)18-29(27)36(40)41/h3-16,18,33H,17,19H2,1-2H3. The van der Waals surface area contributed by atoms with Gasteiger partial charge in [0.1, 0.15) is 29.3 Å². The average molecular weight is 579 g/mol. The molecule has 43 heavy (non-hydrogen) atoms. The molecule has 0 fully saturated rings. The van der Waals surface area contributed by atoms with Crippen LogP contribution in [0.3, 0.4) is 0 Å². The largest absolute Gasteiger partial charge is 0.487 e. The van der Waals surface area contributed by atoms with Gasteiger partial charge in [-0.15, -0.1) is 0 Å². The molecular formula is C32H26N4O7. The van der Waals surface area contributed by atoms with Gasteiger partial charge in [0.25, 0.3) is 5.69 Å². The summed E-state index contributed by atoms with van der Waals surface area (Å²) in [6.45, 7) is 3.66. The first-order chi connectivity index (χ1) is 20.7. The third-order valence-electron chi connectivity index (χ3n) is 7.05. The van der Waals surface area contributed by atoms with E-state index in [-0.39, 0.29) is 12.3 Å². The highest BCUT2D eigenvalue weighted by Gasteiger charge is 2.20. The first-order valence-corrected chi connectivity index (χ1v) is 13.3. The zero-order chi connectivity index (χ0) is 30.5. The quantitative estimate of drug-likeness (QED) is 0.0831. The van der Waals surface area contributed by atoms with Gasteiger partial charge in [-0.25, -0.2) is 4.79 Å². The Kier molecular flexibility index (Phi) is 8.24. The van der Waals surface area contributed by atoms with Crippen LogP contribution in [0.5, 0.6) is 5.75 Å². The molecule has 0 unspecified atom stereocenters. The van der Waals surface area contributed by atoms with E-state index < -0.39 is 26.8 Å². The third kappa shape index (κ3) is 6.25. The predicted molar refractivity (Wildman–Crippen MR) is 163 cm³/mol. The van der Waals surface area contributed by atoms with Gasteiger partial charge >= 0.3 is 11.3 Å². The van der Waals surface area contributed by atoms with Gasteiger partial charge in [-0.1, -0.05) is 60.7 Å². The summed E-state index contributed by atoms with van der Waals surface area (Å²) in [4.78, 5) is 34.2. The Labute approximate surface area is 245 Å². The fraction of sp³-hybridized carbons (Fsp3) is 0.125. The molecule has 0 aliphatic heterocycles. The maximum atomic E-state index is 13.0. The number of anilines is 1. The molecular weight excluding hydrogens is 552 g/mol. The average Bonchev–Trinajstić information content (AvgIpc) is 3.01. The minimum atomic E-state index is -0.719. The molecule has 0 aliphatic rings. The van der Waals surface area contributed by atoms with Gasteiger partial charge in [-0.3, -0.25) is 25.7 Å². The van der Waals surface area contributed by atoms with Crippen molar-refractivity contribution in [3.05, 3.63) is 149 Å². The Hall–Kier alpha value is -5.84. The van der Waals surface area contributed by atoms with Gasteiger partial charge in [0, 0.05) is 34.6 Å². The van der Waals surface area contributed by atoms with E-state index in [2.05, 4.69) is 10.5 Å². The van der Waals surface area contributed by atoms with Crippen LogP contribution in [-0.2, 0) is 6.42 Å². The second-order valence-electron chi connectivity index (χ2n) is 9.76. The number of benzene rings is 4. The molecule has 0 saturated heterocycles. The number of nitrogens with one attached hydrogen (secondary N) is 1. The summed E-state index contributed by atoms with van der Waals surface area (Å²) in [5, 5.41) is 27.8. The Morgan fingerprint density at radius 1 is 0.884 bits per heavy atom. The van der Waals surface area contributed by atoms with Crippen molar-refractivity contribution in [3.63, 3.8) is 0 Å². The summed E-state index contributed by atoms with van der Waals surface area (Å²) in [5.74, 6) is 0.468. The number of rotatable bonds is 10. The van der Waals surface area contributed by atoms with Crippen molar-refractivity contribution in [3.8, 4) is 5.75 Å². The van der Waals surface area contributed by atoms with Crippen molar-refractivity contribution in [1.82, 2.24) is 0 Å². The van der Waals surface area contributed by atoms with Crippen molar-refractivity contribution in [2.75, 3.05) is 12.0 Å². The van der Waals surface area contributed by atoms with Crippen molar-refractivity contribution >= 4 is 33.7 Å². The first kappa shape index (κ1) is 28.7. The maximum absolute atomic E-state index is 13.0. The molecule has 0 spiro atoms. The lowest BCUT2D eigenvalue weighted by atomic mass is 9.98. The molecule has 0 aliphatic carbocycles. The molecule has 0 atom stereocenters. The number of nitrogens with zero attached hydrogens (tertiary/aromatic N) is 3. The van der Waals surface area contributed by atoms with Crippen molar-refractivity contribution in [2.45, 2.75) is 20.3 Å². The smallest absolute Gasteiger partial charge is 0.340 e. The molecule has 216 valence electrons. The first-order valence-electron chi connectivity index (χ1n) is 13.3.